The molecule has 0 bridgehead atoms. The number of aryl methyl sites for hydroxylation is 2. The summed E-state index contributed by atoms with van der Waals surface area (Å²) in [6.45, 7) is 6.16. The van der Waals surface area contributed by atoms with Gasteiger partial charge in [0.25, 0.3) is 0 Å². The summed E-state index contributed by atoms with van der Waals surface area (Å²) in [6.07, 6.45) is 3.05. The average molecular weight is 246 g/mol. The highest BCUT2D eigenvalue weighted by molar-refractivity contribution is 7.11. The third-order valence-electron chi connectivity index (χ3n) is 2.80. The second-order valence-electron chi connectivity index (χ2n) is 4.20. The van der Waals surface area contributed by atoms with E-state index in [2.05, 4.69) is 41.5 Å². The van der Waals surface area contributed by atoms with Gasteiger partial charge < -0.3 is 5.32 Å². The maximum Gasteiger partial charge on any atom is 0.0897 e. The molecule has 0 aliphatic rings. The van der Waals surface area contributed by atoms with Crippen LogP contribution >= 0.6 is 11.3 Å². The highest BCUT2D eigenvalue weighted by Gasteiger charge is 1.99. The molecule has 0 unspecified atom stereocenters. The first-order chi connectivity index (χ1) is 8.25. The summed E-state index contributed by atoms with van der Waals surface area (Å²) >= 11 is 1.76. The minimum atomic E-state index is 0.928. The molecule has 0 amide bonds. The van der Waals surface area contributed by atoms with Crippen molar-refractivity contribution in [3.8, 4) is 0 Å². The van der Waals surface area contributed by atoms with Crippen molar-refractivity contribution in [3.63, 3.8) is 0 Å². The number of nitrogens with one attached hydrogen (secondary N) is 1. The SMILES string of the molecule is Cc1ncc(CNCCc2ccccc2C)s1. The predicted molar refractivity (Wildman–Crippen MR) is 73.4 cm³/mol. The summed E-state index contributed by atoms with van der Waals surface area (Å²) in [5, 5.41) is 4.60. The molecule has 0 aliphatic carbocycles. The van der Waals surface area contributed by atoms with Crippen LogP contribution in [0.2, 0.25) is 0 Å². The first kappa shape index (κ1) is 12.3. The first-order valence-electron chi connectivity index (χ1n) is 5.92. The van der Waals surface area contributed by atoms with Crippen molar-refractivity contribution in [2.45, 2.75) is 26.8 Å². The van der Waals surface area contributed by atoms with Crippen molar-refractivity contribution >= 4 is 11.3 Å². The quantitative estimate of drug-likeness (QED) is 0.820. The Balaban J connectivity index is 1.75. The van der Waals surface area contributed by atoms with Gasteiger partial charge in [-0.3, -0.25) is 0 Å². The number of hydrogen-bond acceptors (Lipinski definition) is 3. The minimum absolute atomic E-state index is 0.928. The van der Waals surface area contributed by atoms with Crippen LogP contribution in [0.5, 0.6) is 0 Å². The predicted octanol–water partition coefficient (Wildman–Crippen LogP) is 3.09. The van der Waals surface area contributed by atoms with Crippen molar-refractivity contribution in [1.29, 1.82) is 0 Å². The molecule has 2 aromatic rings. The second kappa shape index (κ2) is 5.94. The van der Waals surface area contributed by atoms with Gasteiger partial charge in [0.2, 0.25) is 0 Å². The van der Waals surface area contributed by atoms with E-state index < -0.39 is 0 Å². The van der Waals surface area contributed by atoms with Crippen molar-refractivity contribution in [2.75, 3.05) is 6.54 Å². The van der Waals surface area contributed by atoms with E-state index in [1.807, 2.05) is 13.1 Å². The van der Waals surface area contributed by atoms with Crippen molar-refractivity contribution in [1.82, 2.24) is 10.3 Å². The lowest BCUT2D eigenvalue weighted by atomic mass is 10.1. The van der Waals surface area contributed by atoms with E-state index in [0.29, 0.717) is 0 Å². The highest BCUT2D eigenvalue weighted by Crippen LogP contribution is 2.11. The van der Waals surface area contributed by atoms with Crippen LogP contribution in [0, 0.1) is 13.8 Å². The number of hydrogen-bond donors (Lipinski definition) is 1. The van der Waals surface area contributed by atoms with Crippen LogP contribution in [0.4, 0.5) is 0 Å². The lowest BCUT2D eigenvalue weighted by Crippen LogP contribution is -2.16. The molecule has 1 N–H and O–H groups in total. The molecule has 3 heteroatoms. The van der Waals surface area contributed by atoms with Crippen LogP contribution in [0.15, 0.2) is 30.5 Å². The third kappa shape index (κ3) is 3.65. The summed E-state index contributed by atoms with van der Waals surface area (Å²) in [6, 6.07) is 8.57. The Kier molecular flexibility index (Phi) is 4.29. The van der Waals surface area contributed by atoms with Gasteiger partial charge in [-0.25, -0.2) is 4.98 Å². The Morgan fingerprint density at radius 1 is 1.24 bits per heavy atom. The molecule has 0 aliphatic heterocycles. The van der Waals surface area contributed by atoms with E-state index >= 15 is 0 Å². The van der Waals surface area contributed by atoms with Crippen LogP contribution in [0.25, 0.3) is 0 Å². The molecule has 0 radical (unpaired) electrons. The molecule has 0 spiro atoms. The lowest BCUT2D eigenvalue weighted by molar-refractivity contribution is 0.691. The molecule has 17 heavy (non-hydrogen) atoms. The summed E-state index contributed by atoms with van der Waals surface area (Å²) in [5.41, 5.74) is 2.81. The molecule has 2 rings (SSSR count). The molecule has 1 aromatic carbocycles. The summed E-state index contributed by atoms with van der Waals surface area (Å²) in [7, 11) is 0. The molecule has 90 valence electrons. The molecule has 1 heterocycles. The molecular weight excluding hydrogens is 228 g/mol. The zero-order chi connectivity index (χ0) is 12.1. The summed E-state index contributed by atoms with van der Waals surface area (Å²) in [5.74, 6) is 0. The molecule has 2 nitrogen and oxygen atoms in total. The maximum absolute atomic E-state index is 4.25. The third-order valence-corrected chi connectivity index (χ3v) is 3.71. The largest absolute Gasteiger partial charge is 0.311 e. The van der Waals surface area contributed by atoms with Crippen molar-refractivity contribution in [3.05, 3.63) is 51.5 Å². The van der Waals surface area contributed by atoms with Gasteiger partial charge in [0, 0.05) is 17.6 Å². The van der Waals surface area contributed by atoms with Crippen LogP contribution in [0.3, 0.4) is 0 Å². The van der Waals surface area contributed by atoms with E-state index in [0.717, 1.165) is 24.5 Å². The zero-order valence-corrected chi connectivity index (χ0v) is 11.2. The van der Waals surface area contributed by atoms with E-state index in [9.17, 15) is 0 Å². The molecule has 0 fully saturated rings. The zero-order valence-electron chi connectivity index (χ0n) is 10.4. The van der Waals surface area contributed by atoms with Gasteiger partial charge in [-0.15, -0.1) is 11.3 Å². The van der Waals surface area contributed by atoms with E-state index in [-0.39, 0.29) is 0 Å². The minimum Gasteiger partial charge on any atom is -0.311 e. The fourth-order valence-electron chi connectivity index (χ4n) is 1.81. The van der Waals surface area contributed by atoms with Gasteiger partial charge in [-0.2, -0.15) is 0 Å². The second-order valence-corrected chi connectivity index (χ2v) is 5.52. The Bertz CT molecular complexity index is 477. The van der Waals surface area contributed by atoms with Gasteiger partial charge >= 0.3 is 0 Å². The monoisotopic (exact) mass is 246 g/mol. The van der Waals surface area contributed by atoms with Crippen LogP contribution in [-0.2, 0) is 13.0 Å². The Labute approximate surface area is 107 Å². The first-order valence-corrected chi connectivity index (χ1v) is 6.74. The highest BCUT2D eigenvalue weighted by atomic mass is 32.1. The van der Waals surface area contributed by atoms with Crippen LogP contribution in [0.1, 0.15) is 21.0 Å². The van der Waals surface area contributed by atoms with Crippen LogP contribution in [-0.4, -0.2) is 11.5 Å². The number of nitrogens with zero attached hydrogens (tertiary/aromatic N) is 1. The molecule has 1 aromatic heterocycles. The number of rotatable bonds is 5. The fraction of sp³-hybridized carbons (Fsp3) is 0.357. The van der Waals surface area contributed by atoms with E-state index in [1.54, 1.807) is 11.3 Å². The maximum atomic E-state index is 4.25. The van der Waals surface area contributed by atoms with Gasteiger partial charge in [-0.1, -0.05) is 24.3 Å². The Morgan fingerprint density at radius 2 is 2.06 bits per heavy atom. The lowest BCUT2D eigenvalue weighted by Gasteiger charge is -2.06. The van der Waals surface area contributed by atoms with Gasteiger partial charge in [0.1, 0.15) is 0 Å². The smallest absolute Gasteiger partial charge is 0.0897 e. The van der Waals surface area contributed by atoms with Gasteiger partial charge in [-0.05, 0) is 37.9 Å². The number of thiazole rings is 1. The van der Waals surface area contributed by atoms with Crippen LogP contribution < -0.4 is 5.32 Å². The van der Waals surface area contributed by atoms with E-state index in [4.69, 9.17) is 0 Å². The van der Waals surface area contributed by atoms with E-state index in [1.165, 1.54) is 16.0 Å². The molecule has 0 atom stereocenters. The van der Waals surface area contributed by atoms with Crippen molar-refractivity contribution in [2.24, 2.45) is 0 Å². The number of aromatic nitrogens is 1. The molecule has 0 saturated carbocycles. The summed E-state index contributed by atoms with van der Waals surface area (Å²) < 4.78 is 0. The topological polar surface area (TPSA) is 24.9 Å². The van der Waals surface area contributed by atoms with Gasteiger partial charge in [0.05, 0.1) is 5.01 Å². The Morgan fingerprint density at radius 3 is 2.76 bits per heavy atom. The van der Waals surface area contributed by atoms with Gasteiger partial charge in [0.15, 0.2) is 0 Å². The average Bonchev–Trinajstić information content (AvgIpc) is 2.73. The molecular formula is C14H18N2S. The fourth-order valence-corrected chi connectivity index (χ4v) is 2.58. The Hall–Kier alpha value is -1.19. The number of benzene rings is 1. The summed E-state index contributed by atoms with van der Waals surface area (Å²) in [4.78, 5) is 5.56. The standard InChI is InChI=1S/C14H18N2S/c1-11-5-3-4-6-13(11)7-8-15-9-14-10-16-12(2)17-14/h3-6,10,15H,7-9H2,1-2H3. The normalized spacial score (nSPS) is 10.7. The molecule has 0 saturated heterocycles. The van der Waals surface area contributed by atoms with Crippen molar-refractivity contribution < 1.29 is 0 Å².